The highest BCUT2D eigenvalue weighted by Gasteiger charge is 2.15. The summed E-state index contributed by atoms with van der Waals surface area (Å²) in [4.78, 5) is 36.4. The molecule has 0 aromatic heterocycles. The molecule has 1 fully saturated rings. The molecule has 1 N–H and O–H groups in total. The Bertz CT molecular complexity index is 574. The van der Waals surface area contributed by atoms with Crippen molar-refractivity contribution in [3.63, 3.8) is 0 Å². The first-order valence-electron chi connectivity index (χ1n) is 8.42. The summed E-state index contributed by atoms with van der Waals surface area (Å²) in [7, 11) is 0. The number of ether oxygens (including phenoxy) is 1. The Labute approximate surface area is 142 Å². The lowest BCUT2D eigenvalue weighted by atomic mass is 10.2. The van der Waals surface area contributed by atoms with Crippen LogP contribution in [0.1, 0.15) is 42.5 Å². The van der Waals surface area contributed by atoms with Crippen LogP contribution in [0.4, 0.5) is 0 Å². The molecule has 1 saturated heterocycles. The Morgan fingerprint density at radius 3 is 2.92 bits per heavy atom. The predicted molar refractivity (Wildman–Crippen MR) is 90.0 cm³/mol. The van der Waals surface area contributed by atoms with E-state index < -0.39 is 0 Å². The first kappa shape index (κ1) is 18.0. The van der Waals surface area contributed by atoms with Crippen molar-refractivity contribution in [1.82, 2.24) is 10.2 Å². The van der Waals surface area contributed by atoms with Crippen LogP contribution in [0.15, 0.2) is 24.3 Å². The lowest BCUT2D eigenvalue weighted by molar-refractivity contribution is -0.130. The van der Waals surface area contributed by atoms with Crippen LogP contribution in [-0.2, 0) is 9.59 Å². The number of carbonyl (C=O) groups excluding carboxylic acids is 3. The molecule has 0 saturated carbocycles. The van der Waals surface area contributed by atoms with Crippen molar-refractivity contribution in [2.24, 2.45) is 0 Å². The normalized spacial score (nSPS) is 14.8. The van der Waals surface area contributed by atoms with E-state index in [0.717, 1.165) is 32.2 Å². The van der Waals surface area contributed by atoms with Crippen LogP contribution in [0, 0.1) is 0 Å². The van der Waals surface area contributed by atoms with Crippen LogP contribution in [0.3, 0.4) is 0 Å². The first-order valence-corrected chi connectivity index (χ1v) is 8.42. The number of carbonyl (C=O) groups is 3. The summed E-state index contributed by atoms with van der Waals surface area (Å²) in [6.07, 6.45) is 5.20. The second-order valence-corrected chi connectivity index (χ2v) is 5.84. The SMILES string of the molecule is O=Cc1ccccc1OCC(=O)NCCCN1CCCCCC1=O. The van der Waals surface area contributed by atoms with E-state index in [1.165, 1.54) is 0 Å². The molecule has 6 nitrogen and oxygen atoms in total. The minimum Gasteiger partial charge on any atom is -0.483 e. The quantitative estimate of drug-likeness (QED) is 0.582. The molecule has 0 radical (unpaired) electrons. The Morgan fingerprint density at radius 2 is 2.08 bits per heavy atom. The molecule has 2 amide bonds. The summed E-state index contributed by atoms with van der Waals surface area (Å²) in [5.41, 5.74) is 0.421. The number of aldehydes is 1. The summed E-state index contributed by atoms with van der Waals surface area (Å²) in [5, 5.41) is 2.77. The molecule has 6 heteroatoms. The molecular weight excluding hydrogens is 308 g/mol. The number of hydrogen-bond donors (Lipinski definition) is 1. The number of nitrogens with one attached hydrogen (secondary N) is 1. The van der Waals surface area contributed by atoms with Crippen LogP contribution in [0.25, 0.3) is 0 Å². The van der Waals surface area contributed by atoms with Gasteiger partial charge in [0.05, 0.1) is 5.56 Å². The Kier molecular flexibility index (Phi) is 7.26. The number of likely N-dealkylation sites (tertiary alicyclic amines) is 1. The highest BCUT2D eigenvalue weighted by Crippen LogP contribution is 2.15. The average molecular weight is 332 g/mol. The van der Waals surface area contributed by atoms with Crippen molar-refractivity contribution in [3.8, 4) is 5.75 Å². The molecule has 0 aliphatic carbocycles. The fourth-order valence-corrected chi connectivity index (χ4v) is 2.68. The summed E-state index contributed by atoms with van der Waals surface area (Å²) < 4.78 is 5.36. The van der Waals surface area contributed by atoms with Gasteiger partial charge in [-0.15, -0.1) is 0 Å². The smallest absolute Gasteiger partial charge is 0.257 e. The van der Waals surface area contributed by atoms with Crippen LogP contribution in [0.5, 0.6) is 5.75 Å². The van der Waals surface area contributed by atoms with E-state index in [9.17, 15) is 14.4 Å². The summed E-state index contributed by atoms with van der Waals surface area (Å²) in [6, 6.07) is 6.78. The molecular formula is C18H24N2O4. The summed E-state index contributed by atoms with van der Waals surface area (Å²) >= 11 is 0. The second kappa shape index (κ2) is 9.70. The van der Waals surface area contributed by atoms with E-state index in [1.807, 2.05) is 4.90 Å². The number of amides is 2. The molecule has 0 spiro atoms. The van der Waals surface area contributed by atoms with Gasteiger partial charge in [-0.3, -0.25) is 14.4 Å². The van der Waals surface area contributed by atoms with Crippen LogP contribution in [-0.4, -0.2) is 49.2 Å². The van der Waals surface area contributed by atoms with E-state index in [2.05, 4.69) is 5.32 Å². The molecule has 1 aromatic carbocycles. The largest absolute Gasteiger partial charge is 0.483 e. The van der Waals surface area contributed by atoms with Crippen LogP contribution >= 0.6 is 0 Å². The highest BCUT2D eigenvalue weighted by atomic mass is 16.5. The first-order chi connectivity index (χ1) is 11.7. The van der Waals surface area contributed by atoms with E-state index in [0.29, 0.717) is 37.1 Å². The zero-order valence-corrected chi connectivity index (χ0v) is 13.8. The van der Waals surface area contributed by atoms with Crippen molar-refractivity contribution in [3.05, 3.63) is 29.8 Å². The summed E-state index contributed by atoms with van der Waals surface area (Å²) in [6.45, 7) is 1.86. The highest BCUT2D eigenvalue weighted by molar-refractivity contribution is 5.80. The van der Waals surface area contributed by atoms with Gasteiger partial charge in [0, 0.05) is 26.1 Å². The molecule has 24 heavy (non-hydrogen) atoms. The third kappa shape index (κ3) is 5.68. The standard InChI is InChI=1S/C18H24N2O4/c21-13-15-7-3-4-8-16(15)24-14-17(22)19-10-6-12-20-11-5-1-2-9-18(20)23/h3-4,7-8,13H,1-2,5-6,9-12,14H2,(H,19,22). The number of hydrogen-bond acceptors (Lipinski definition) is 4. The molecule has 2 rings (SSSR count). The average Bonchev–Trinajstić information content (AvgIpc) is 2.81. The molecule has 1 aromatic rings. The van der Waals surface area contributed by atoms with Crippen molar-refractivity contribution in [1.29, 1.82) is 0 Å². The van der Waals surface area contributed by atoms with Gasteiger partial charge in [0.15, 0.2) is 12.9 Å². The maximum Gasteiger partial charge on any atom is 0.257 e. The molecule has 0 atom stereocenters. The Hall–Kier alpha value is -2.37. The lowest BCUT2D eigenvalue weighted by Gasteiger charge is -2.20. The second-order valence-electron chi connectivity index (χ2n) is 5.84. The Balaban J connectivity index is 1.64. The van der Waals surface area contributed by atoms with Gasteiger partial charge in [0.1, 0.15) is 5.75 Å². The third-order valence-corrected chi connectivity index (χ3v) is 4.00. The number of benzene rings is 1. The van der Waals surface area contributed by atoms with E-state index in [4.69, 9.17) is 4.74 Å². The minimum absolute atomic E-state index is 0.131. The zero-order chi connectivity index (χ0) is 17.2. The van der Waals surface area contributed by atoms with Gasteiger partial charge >= 0.3 is 0 Å². The molecule has 0 unspecified atom stereocenters. The molecule has 1 aliphatic rings. The fraction of sp³-hybridized carbons (Fsp3) is 0.500. The van der Waals surface area contributed by atoms with Crippen molar-refractivity contribution in [2.45, 2.75) is 32.1 Å². The van der Waals surface area contributed by atoms with Gasteiger partial charge in [0.2, 0.25) is 5.91 Å². The van der Waals surface area contributed by atoms with E-state index >= 15 is 0 Å². The number of nitrogens with zero attached hydrogens (tertiary/aromatic N) is 1. The fourth-order valence-electron chi connectivity index (χ4n) is 2.68. The van der Waals surface area contributed by atoms with Crippen molar-refractivity contribution in [2.75, 3.05) is 26.2 Å². The van der Waals surface area contributed by atoms with Gasteiger partial charge in [-0.05, 0) is 31.4 Å². The minimum atomic E-state index is -0.238. The predicted octanol–water partition coefficient (Wildman–Crippen LogP) is 1.79. The maximum absolute atomic E-state index is 11.9. The van der Waals surface area contributed by atoms with Gasteiger partial charge in [0.25, 0.3) is 5.91 Å². The van der Waals surface area contributed by atoms with Crippen molar-refractivity contribution >= 4 is 18.1 Å². The Morgan fingerprint density at radius 1 is 1.25 bits per heavy atom. The number of rotatable bonds is 8. The van der Waals surface area contributed by atoms with Gasteiger partial charge in [-0.1, -0.05) is 18.6 Å². The monoisotopic (exact) mass is 332 g/mol. The van der Waals surface area contributed by atoms with Crippen LogP contribution in [0.2, 0.25) is 0 Å². The zero-order valence-electron chi connectivity index (χ0n) is 13.8. The maximum atomic E-state index is 11.9. The lowest BCUT2D eigenvalue weighted by Crippen LogP contribution is -2.35. The van der Waals surface area contributed by atoms with Gasteiger partial charge in [-0.2, -0.15) is 0 Å². The van der Waals surface area contributed by atoms with Gasteiger partial charge in [-0.25, -0.2) is 0 Å². The molecule has 1 heterocycles. The van der Waals surface area contributed by atoms with Crippen molar-refractivity contribution < 1.29 is 19.1 Å². The number of para-hydroxylation sites is 1. The molecule has 1 aliphatic heterocycles. The summed E-state index contributed by atoms with van der Waals surface area (Å²) in [5.74, 6) is 0.378. The topological polar surface area (TPSA) is 75.7 Å². The molecule has 0 bridgehead atoms. The van der Waals surface area contributed by atoms with E-state index in [1.54, 1.807) is 24.3 Å². The van der Waals surface area contributed by atoms with E-state index in [-0.39, 0.29) is 18.4 Å². The van der Waals surface area contributed by atoms with Gasteiger partial charge < -0.3 is 15.0 Å². The van der Waals surface area contributed by atoms with Crippen LogP contribution < -0.4 is 10.1 Å². The molecule has 130 valence electrons. The third-order valence-electron chi connectivity index (χ3n) is 4.00.